The number of H-pyrrole nitrogens is 1. The molecule has 14 nitrogen and oxygen atoms in total. The summed E-state index contributed by atoms with van der Waals surface area (Å²) in [6.07, 6.45) is 0.0494. The lowest BCUT2D eigenvalue weighted by Crippen LogP contribution is -2.42. The van der Waals surface area contributed by atoms with Gasteiger partial charge in [0.1, 0.15) is 29.4 Å². The minimum absolute atomic E-state index is 0.0113. The van der Waals surface area contributed by atoms with Crippen LogP contribution in [0.15, 0.2) is 57.1 Å². The number of rotatable bonds is 7. The number of hydrogen-bond donors (Lipinski definition) is 2. The predicted octanol–water partition coefficient (Wildman–Crippen LogP) is 2.81. The summed E-state index contributed by atoms with van der Waals surface area (Å²) in [5, 5.41) is 6.52. The van der Waals surface area contributed by atoms with E-state index in [-0.39, 0.29) is 42.4 Å². The second-order valence-electron chi connectivity index (χ2n) is 10.3. The number of anilines is 2. The monoisotopic (exact) mass is 610 g/mol. The fourth-order valence-corrected chi connectivity index (χ4v) is 5.12. The standard InChI is InChI=1S/C27H25F3N10O4/c1-14-9-17(37-44-14)12-39-24(42)21-22(36-26(39)43)33-13-40(21)15(2)23(41)35-20-7-3-5-18(34-20)16-10-31-25(32-11-16)38-8-4-6-19(38)27(28,29)30/h3,5,7,9-11,13,15,19H,4,6,8,12H2,1-2H3,(H,36,43)(H,34,35,41)/t15-,19-/m0/s1. The second-order valence-corrected chi connectivity index (χ2v) is 10.3. The van der Waals surface area contributed by atoms with Gasteiger partial charge in [-0.25, -0.2) is 24.7 Å². The van der Waals surface area contributed by atoms with E-state index in [0.29, 0.717) is 29.1 Å². The first-order chi connectivity index (χ1) is 21.0. The van der Waals surface area contributed by atoms with Crippen molar-refractivity contribution >= 4 is 28.8 Å². The molecule has 228 valence electrons. The van der Waals surface area contributed by atoms with Gasteiger partial charge < -0.3 is 19.3 Å². The van der Waals surface area contributed by atoms with Crippen LogP contribution in [0.3, 0.4) is 0 Å². The van der Waals surface area contributed by atoms with Crippen LogP contribution in [0, 0.1) is 6.92 Å². The number of alkyl halides is 3. The Morgan fingerprint density at radius 2 is 1.98 bits per heavy atom. The van der Waals surface area contributed by atoms with E-state index in [1.165, 1.54) is 23.3 Å². The smallest absolute Gasteiger partial charge is 0.361 e. The van der Waals surface area contributed by atoms with Crippen LogP contribution in [0.25, 0.3) is 22.4 Å². The number of carbonyl (C=O) groups is 1. The largest absolute Gasteiger partial charge is 0.408 e. The molecule has 0 unspecified atom stereocenters. The third-order valence-electron chi connectivity index (χ3n) is 7.33. The van der Waals surface area contributed by atoms with Crippen molar-refractivity contribution in [1.82, 2.24) is 39.2 Å². The Labute approximate surface area is 245 Å². The van der Waals surface area contributed by atoms with E-state index >= 15 is 0 Å². The highest BCUT2D eigenvalue weighted by Crippen LogP contribution is 2.34. The molecular formula is C27H25F3N10O4. The average molecular weight is 611 g/mol. The van der Waals surface area contributed by atoms with Crippen molar-refractivity contribution in [3.63, 3.8) is 0 Å². The molecule has 5 aromatic heterocycles. The van der Waals surface area contributed by atoms with Crippen molar-refractivity contribution in [3.05, 3.63) is 75.3 Å². The normalized spacial score (nSPS) is 16.0. The highest BCUT2D eigenvalue weighted by Gasteiger charge is 2.46. The van der Waals surface area contributed by atoms with E-state index in [9.17, 15) is 27.6 Å². The van der Waals surface area contributed by atoms with E-state index in [4.69, 9.17) is 4.52 Å². The van der Waals surface area contributed by atoms with Gasteiger partial charge >= 0.3 is 11.9 Å². The molecule has 0 aromatic carbocycles. The van der Waals surface area contributed by atoms with Crippen LogP contribution >= 0.6 is 0 Å². The van der Waals surface area contributed by atoms with Gasteiger partial charge in [0.2, 0.25) is 11.9 Å². The minimum atomic E-state index is -4.38. The molecule has 1 aliphatic rings. The fourth-order valence-electron chi connectivity index (χ4n) is 5.12. The number of carbonyl (C=O) groups excluding carboxylic acids is 1. The minimum Gasteiger partial charge on any atom is -0.361 e. The zero-order valence-electron chi connectivity index (χ0n) is 23.4. The molecule has 0 aliphatic carbocycles. The molecule has 1 aliphatic heterocycles. The first kappa shape index (κ1) is 28.8. The Balaban J connectivity index is 1.21. The summed E-state index contributed by atoms with van der Waals surface area (Å²) >= 11 is 0. The summed E-state index contributed by atoms with van der Waals surface area (Å²) in [7, 11) is 0. The number of aromatic amines is 1. The molecule has 17 heteroatoms. The zero-order chi connectivity index (χ0) is 31.2. The number of fused-ring (bicyclic) bond motifs is 1. The number of hydrogen-bond acceptors (Lipinski definition) is 10. The Hall–Kier alpha value is -5.35. The van der Waals surface area contributed by atoms with Crippen molar-refractivity contribution in [1.29, 1.82) is 0 Å². The first-order valence-corrected chi connectivity index (χ1v) is 13.5. The third kappa shape index (κ3) is 5.43. The van der Waals surface area contributed by atoms with Crippen molar-refractivity contribution in [2.75, 3.05) is 16.8 Å². The van der Waals surface area contributed by atoms with Crippen LogP contribution < -0.4 is 21.5 Å². The topological polar surface area (TPSA) is 170 Å². The Kier molecular flexibility index (Phi) is 7.22. The van der Waals surface area contributed by atoms with E-state index in [0.717, 1.165) is 9.47 Å². The number of imidazole rings is 1. The molecule has 0 bridgehead atoms. The molecule has 44 heavy (non-hydrogen) atoms. The molecule has 1 saturated heterocycles. The average Bonchev–Trinajstić information content (AvgIpc) is 3.75. The highest BCUT2D eigenvalue weighted by atomic mass is 19.4. The molecular weight excluding hydrogens is 585 g/mol. The summed E-state index contributed by atoms with van der Waals surface area (Å²) in [5.41, 5.74) is -0.132. The molecule has 1 amide bonds. The Bertz CT molecular complexity index is 1960. The highest BCUT2D eigenvalue weighted by molar-refractivity contribution is 5.93. The van der Waals surface area contributed by atoms with Gasteiger partial charge in [-0.05, 0) is 38.8 Å². The molecule has 1 fully saturated rings. The summed E-state index contributed by atoms with van der Waals surface area (Å²) in [6, 6.07) is 3.86. The van der Waals surface area contributed by atoms with Gasteiger partial charge in [0, 0.05) is 30.6 Å². The predicted molar refractivity (Wildman–Crippen MR) is 150 cm³/mol. The van der Waals surface area contributed by atoms with Crippen LogP contribution in [0.4, 0.5) is 24.9 Å². The van der Waals surface area contributed by atoms with Gasteiger partial charge in [0.25, 0.3) is 5.56 Å². The maximum absolute atomic E-state index is 13.4. The van der Waals surface area contributed by atoms with Crippen LogP contribution in [-0.4, -0.2) is 63.9 Å². The summed E-state index contributed by atoms with van der Waals surface area (Å²) < 4.78 is 47.4. The van der Waals surface area contributed by atoms with Crippen LogP contribution in [0.5, 0.6) is 0 Å². The van der Waals surface area contributed by atoms with Crippen molar-refractivity contribution < 1.29 is 22.5 Å². The number of amides is 1. The quantitative estimate of drug-likeness (QED) is 0.279. The Morgan fingerprint density at radius 1 is 1.20 bits per heavy atom. The molecule has 0 saturated carbocycles. The number of aromatic nitrogens is 8. The van der Waals surface area contributed by atoms with E-state index in [1.54, 1.807) is 38.1 Å². The van der Waals surface area contributed by atoms with Crippen molar-refractivity contribution in [3.8, 4) is 11.3 Å². The second kappa shape index (κ2) is 11.1. The van der Waals surface area contributed by atoms with Gasteiger partial charge in [-0.15, -0.1) is 0 Å². The summed E-state index contributed by atoms with van der Waals surface area (Å²) in [6.45, 7) is 3.30. The SMILES string of the molecule is Cc1cc(Cn2c(=O)[nH]c3ncn([C@@H](C)C(=O)Nc4cccc(-c5cnc(N6CCC[C@H]6C(F)(F)F)nc5)n4)c3c2=O)no1. The maximum Gasteiger partial charge on any atom is 0.408 e. The lowest BCUT2D eigenvalue weighted by Gasteiger charge is -2.26. The van der Waals surface area contributed by atoms with E-state index in [1.807, 2.05) is 0 Å². The molecule has 0 radical (unpaired) electrons. The zero-order valence-corrected chi connectivity index (χ0v) is 23.4. The molecule has 2 N–H and O–H groups in total. The number of aryl methyl sites for hydroxylation is 1. The van der Waals surface area contributed by atoms with Crippen molar-refractivity contribution in [2.45, 2.75) is 51.5 Å². The first-order valence-electron chi connectivity index (χ1n) is 13.5. The van der Waals surface area contributed by atoms with Crippen LogP contribution in [-0.2, 0) is 11.3 Å². The lowest BCUT2D eigenvalue weighted by atomic mass is 10.2. The molecule has 0 spiro atoms. The molecule has 5 aromatic rings. The van der Waals surface area contributed by atoms with Gasteiger partial charge in [-0.2, -0.15) is 13.2 Å². The fraction of sp³-hybridized carbons (Fsp3) is 0.333. The third-order valence-corrected chi connectivity index (χ3v) is 7.33. The maximum atomic E-state index is 13.4. The lowest BCUT2D eigenvalue weighted by molar-refractivity contribution is -0.146. The van der Waals surface area contributed by atoms with Crippen LogP contribution in [0.2, 0.25) is 0 Å². The van der Waals surface area contributed by atoms with Gasteiger partial charge in [0.15, 0.2) is 11.2 Å². The van der Waals surface area contributed by atoms with E-state index in [2.05, 4.69) is 35.4 Å². The van der Waals surface area contributed by atoms with Gasteiger partial charge in [-0.1, -0.05) is 11.2 Å². The van der Waals surface area contributed by atoms with Gasteiger partial charge in [0.05, 0.1) is 18.6 Å². The summed E-state index contributed by atoms with van der Waals surface area (Å²) in [4.78, 5) is 59.6. The summed E-state index contributed by atoms with van der Waals surface area (Å²) in [5.74, 6) is 0.147. The number of nitrogens with one attached hydrogen (secondary N) is 2. The van der Waals surface area contributed by atoms with Crippen LogP contribution in [0.1, 0.15) is 37.3 Å². The van der Waals surface area contributed by atoms with Gasteiger partial charge in [-0.3, -0.25) is 19.1 Å². The van der Waals surface area contributed by atoms with Crippen molar-refractivity contribution in [2.24, 2.45) is 0 Å². The molecule has 2 atom stereocenters. The molecule has 6 rings (SSSR count). The molecule has 6 heterocycles. The van der Waals surface area contributed by atoms with E-state index < -0.39 is 35.4 Å². The Morgan fingerprint density at radius 3 is 2.68 bits per heavy atom. The number of nitrogens with zero attached hydrogens (tertiary/aromatic N) is 8. The number of halogens is 3. The number of pyridine rings is 1.